The minimum atomic E-state index is -0.844. The molecule has 0 fully saturated rings. The number of anilines is 2. The van der Waals surface area contributed by atoms with Crippen LogP contribution in [-0.2, 0) is 24.3 Å². The average Bonchev–Trinajstić information content (AvgIpc) is 3.02. The number of nitrogen functional groups attached to an aromatic ring is 1. The molecule has 4 rings (SSSR count). The van der Waals surface area contributed by atoms with Gasteiger partial charge in [-0.05, 0) is 83.3 Å². The van der Waals surface area contributed by atoms with E-state index in [4.69, 9.17) is 16.3 Å². The number of hydrogen-bond donors (Lipinski definition) is 3. The summed E-state index contributed by atoms with van der Waals surface area (Å²) in [5, 5.41) is 11.3. The molecule has 7 nitrogen and oxygen atoms in total. The van der Waals surface area contributed by atoms with E-state index in [9.17, 15) is 9.90 Å². The molecule has 0 spiro atoms. The van der Waals surface area contributed by atoms with E-state index in [-0.39, 0.29) is 12.3 Å². The van der Waals surface area contributed by atoms with E-state index >= 15 is 0 Å². The molecule has 0 saturated carbocycles. The quantitative estimate of drug-likeness (QED) is 0.220. The largest absolute Gasteiger partial charge is 0.497 e. The zero-order chi connectivity index (χ0) is 27.6. The Labute approximate surface area is 226 Å². The smallest absolute Gasteiger partial charge is 0.304 e. The number of rotatable bonds is 8. The number of benzene rings is 3. The maximum atomic E-state index is 12.0. The Morgan fingerprint density at radius 3 is 2.61 bits per heavy atom. The number of nitrogens with zero attached hydrogens (tertiary/aromatic N) is 2. The molecule has 1 aliphatic heterocycles. The lowest BCUT2D eigenvalue weighted by atomic mass is 9.84. The van der Waals surface area contributed by atoms with Gasteiger partial charge in [-0.1, -0.05) is 37.3 Å². The summed E-state index contributed by atoms with van der Waals surface area (Å²) in [5.74, 6) is 6.19. The number of methoxy groups -OCH3 is 1. The van der Waals surface area contributed by atoms with Crippen LogP contribution in [0.1, 0.15) is 58.2 Å². The molecule has 0 amide bonds. The molecule has 0 saturated heterocycles. The van der Waals surface area contributed by atoms with E-state index in [1.165, 1.54) is 27.3 Å². The third-order valence-electron chi connectivity index (χ3n) is 7.78. The Balaban J connectivity index is 1.67. The van der Waals surface area contributed by atoms with Gasteiger partial charge in [0.05, 0.1) is 24.9 Å². The van der Waals surface area contributed by atoms with Crippen molar-refractivity contribution in [2.24, 2.45) is 11.8 Å². The number of hydrogen-bond acceptors (Lipinski definition) is 6. The molecule has 3 aromatic rings. The first-order valence-electron chi connectivity index (χ1n) is 13.1. The minimum Gasteiger partial charge on any atom is -0.497 e. The van der Waals surface area contributed by atoms with Crippen LogP contribution in [0.15, 0.2) is 48.5 Å². The third kappa shape index (κ3) is 5.95. The fourth-order valence-electron chi connectivity index (χ4n) is 5.70. The second kappa shape index (κ2) is 11.5. The molecule has 0 aromatic heterocycles. The SMILES string of the molecule is COc1ccc2c(c1)CC(C)CN(Cc1cc(C(CC(=O)O)c3ccc(N(C)N)c(N)c3C)ccc1C)C2. The number of aryl methyl sites for hydroxylation is 1. The third-order valence-corrected chi connectivity index (χ3v) is 7.78. The summed E-state index contributed by atoms with van der Waals surface area (Å²) >= 11 is 0. The van der Waals surface area contributed by atoms with Crippen molar-refractivity contribution in [3.63, 3.8) is 0 Å². The summed E-state index contributed by atoms with van der Waals surface area (Å²) in [4.78, 5) is 14.5. The van der Waals surface area contributed by atoms with Crippen LogP contribution in [-0.4, -0.2) is 36.7 Å². The van der Waals surface area contributed by atoms with Gasteiger partial charge in [-0.15, -0.1) is 0 Å². The standard InChI is InChI=1S/C31H40N4O3/c1-19-12-24-14-26(38-5)9-8-23(24)17-35(16-19)18-25-13-22(7-6-20(25)2)28(15-30(36)37)27-10-11-29(34(4)33)31(32)21(27)3/h6-11,13-14,19,28H,12,15-18,32-33H2,1-5H3,(H,36,37). The molecule has 38 heavy (non-hydrogen) atoms. The number of carboxylic acids is 1. The van der Waals surface area contributed by atoms with Gasteiger partial charge in [0.25, 0.3) is 0 Å². The van der Waals surface area contributed by atoms with Crippen LogP contribution < -0.4 is 21.3 Å². The van der Waals surface area contributed by atoms with E-state index in [1.807, 2.05) is 25.1 Å². The predicted octanol–water partition coefficient (Wildman–Crippen LogP) is 5.01. The molecule has 0 aliphatic carbocycles. The van der Waals surface area contributed by atoms with Crippen molar-refractivity contribution in [2.75, 3.05) is 31.4 Å². The highest BCUT2D eigenvalue weighted by atomic mass is 16.5. The first-order valence-corrected chi connectivity index (χ1v) is 13.1. The van der Waals surface area contributed by atoms with E-state index < -0.39 is 5.97 Å². The number of fused-ring (bicyclic) bond motifs is 1. The zero-order valence-corrected chi connectivity index (χ0v) is 23.1. The normalized spacial score (nSPS) is 16.4. The predicted molar refractivity (Wildman–Crippen MR) is 153 cm³/mol. The topological polar surface area (TPSA) is 105 Å². The van der Waals surface area contributed by atoms with Crippen molar-refractivity contribution in [3.8, 4) is 5.75 Å². The lowest BCUT2D eigenvalue weighted by Gasteiger charge is -2.26. The summed E-state index contributed by atoms with van der Waals surface area (Å²) in [5.41, 5.74) is 15.6. The van der Waals surface area contributed by atoms with Crippen molar-refractivity contribution in [1.29, 1.82) is 0 Å². The van der Waals surface area contributed by atoms with Gasteiger partial charge in [-0.3, -0.25) is 9.69 Å². The van der Waals surface area contributed by atoms with Gasteiger partial charge in [0.15, 0.2) is 0 Å². The Morgan fingerprint density at radius 1 is 1.16 bits per heavy atom. The first-order chi connectivity index (χ1) is 18.1. The molecule has 0 bridgehead atoms. The number of nitrogens with two attached hydrogens (primary N) is 2. The Morgan fingerprint density at radius 2 is 1.92 bits per heavy atom. The molecular formula is C31H40N4O3. The molecule has 1 aliphatic rings. The summed E-state index contributed by atoms with van der Waals surface area (Å²) in [7, 11) is 3.45. The van der Waals surface area contributed by atoms with Gasteiger partial charge in [0.1, 0.15) is 5.75 Å². The molecular weight excluding hydrogens is 476 g/mol. The van der Waals surface area contributed by atoms with Gasteiger partial charge in [-0.25, -0.2) is 5.84 Å². The first kappa shape index (κ1) is 27.5. The van der Waals surface area contributed by atoms with E-state index in [0.29, 0.717) is 11.6 Å². The van der Waals surface area contributed by atoms with Crippen molar-refractivity contribution >= 4 is 17.3 Å². The van der Waals surface area contributed by atoms with Crippen LogP contribution in [0.25, 0.3) is 0 Å². The molecule has 0 radical (unpaired) electrons. The molecule has 1 heterocycles. The lowest BCUT2D eigenvalue weighted by molar-refractivity contribution is -0.137. The molecule has 3 aromatic carbocycles. The maximum Gasteiger partial charge on any atom is 0.304 e. The minimum absolute atomic E-state index is 0.0173. The molecule has 7 heteroatoms. The summed E-state index contributed by atoms with van der Waals surface area (Å²) in [6, 6.07) is 16.6. The fourth-order valence-corrected chi connectivity index (χ4v) is 5.70. The van der Waals surface area contributed by atoms with E-state index in [2.05, 4.69) is 49.1 Å². The maximum absolute atomic E-state index is 12.0. The van der Waals surface area contributed by atoms with Crippen LogP contribution >= 0.6 is 0 Å². The van der Waals surface area contributed by atoms with Gasteiger partial charge in [0, 0.05) is 32.6 Å². The van der Waals surface area contributed by atoms with Crippen molar-refractivity contribution in [3.05, 3.63) is 87.5 Å². The van der Waals surface area contributed by atoms with Crippen LogP contribution in [0.5, 0.6) is 5.75 Å². The Kier molecular flexibility index (Phi) is 8.29. The molecule has 2 unspecified atom stereocenters. The summed E-state index contributed by atoms with van der Waals surface area (Å²) in [6.45, 7) is 9.02. The fraction of sp³-hybridized carbons (Fsp3) is 0.387. The lowest BCUT2D eigenvalue weighted by Crippen LogP contribution is -2.27. The van der Waals surface area contributed by atoms with Crippen LogP contribution in [0.3, 0.4) is 0 Å². The molecule has 5 N–H and O–H groups in total. The van der Waals surface area contributed by atoms with E-state index in [0.717, 1.165) is 54.2 Å². The van der Waals surface area contributed by atoms with Crippen molar-refractivity contribution in [1.82, 2.24) is 4.90 Å². The van der Waals surface area contributed by atoms with Gasteiger partial charge in [0.2, 0.25) is 0 Å². The highest BCUT2D eigenvalue weighted by Gasteiger charge is 2.24. The number of carboxylic acid groups (broad SMARTS) is 1. The van der Waals surface area contributed by atoms with Gasteiger partial charge < -0.3 is 20.6 Å². The summed E-state index contributed by atoms with van der Waals surface area (Å²) < 4.78 is 5.46. The Hall–Kier alpha value is -3.55. The second-order valence-corrected chi connectivity index (χ2v) is 10.8. The summed E-state index contributed by atoms with van der Waals surface area (Å²) in [6.07, 6.45) is 1.01. The molecule has 202 valence electrons. The Bertz CT molecular complexity index is 1320. The van der Waals surface area contributed by atoms with Gasteiger partial charge in [-0.2, -0.15) is 0 Å². The van der Waals surface area contributed by atoms with E-state index in [1.54, 1.807) is 14.2 Å². The highest BCUT2D eigenvalue weighted by molar-refractivity contribution is 5.74. The van der Waals surface area contributed by atoms with Gasteiger partial charge >= 0.3 is 5.97 Å². The number of ether oxygens (including phenoxy) is 1. The zero-order valence-electron chi connectivity index (χ0n) is 23.1. The van der Waals surface area contributed by atoms with Crippen LogP contribution in [0, 0.1) is 19.8 Å². The number of aliphatic carboxylic acids is 1. The number of carbonyl (C=O) groups is 1. The second-order valence-electron chi connectivity index (χ2n) is 10.8. The monoisotopic (exact) mass is 516 g/mol. The van der Waals surface area contributed by atoms with Crippen molar-refractivity contribution in [2.45, 2.75) is 52.6 Å². The van der Waals surface area contributed by atoms with Crippen LogP contribution in [0.4, 0.5) is 11.4 Å². The molecule has 2 atom stereocenters. The number of hydrazine groups is 1. The highest BCUT2D eigenvalue weighted by Crippen LogP contribution is 2.37. The van der Waals surface area contributed by atoms with Crippen LogP contribution in [0.2, 0.25) is 0 Å². The average molecular weight is 517 g/mol. The van der Waals surface area contributed by atoms with Crippen molar-refractivity contribution < 1.29 is 14.6 Å².